The highest BCUT2D eigenvalue weighted by molar-refractivity contribution is 5.69. The van der Waals surface area contributed by atoms with E-state index in [-0.39, 0.29) is 6.42 Å². The Morgan fingerprint density at radius 1 is 1.60 bits per heavy atom. The molecule has 0 saturated carbocycles. The number of carboxylic acid groups (broad SMARTS) is 1. The molecule has 0 radical (unpaired) electrons. The lowest BCUT2D eigenvalue weighted by molar-refractivity contribution is -0.136. The van der Waals surface area contributed by atoms with E-state index in [0.29, 0.717) is 12.0 Å². The first-order valence-electron chi connectivity index (χ1n) is 5.64. The van der Waals surface area contributed by atoms with Crippen LogP contribution in [0.2, 0.25) is 0 Å². The van der Waals surface area contributed by atoms with Gasteiger partial charge in [-0.2, -0.15) is 0 Å². The van der Waals surface area contributed by atoms with Crippen molar-refractivity contribution < 1.29 is 9.90 Å². The molecule has 15 heavy (non-hydrogen) atoms. The van der Waals surface area contributed by atoms with Crippen LogP contribution in [0.15, 0.2) is 12.2 Å². The normalized spacial score (nSPS) is 23.0. The van der Waals surface area contributed by atoms with Gasteiger partial charge >= 0.3 is 5.97 Å². The Balaban J connectivity index is 2.48. The van der Waals surface area contributed by atoms with Crippen molar-refractivity contribution in [3.63, 3.8) is 0 Å². The predicted molar refractivity (Wildman–Crippen MR) is 60.8 cm³/mol. The van der Waals surface area contributed by atoms with Crippen molar-refractivity contribution in [3.05, 3.63) is 12.2 Å². The number of carboxylic acids is 1. The van der Waals surface area contributed by atoms with E-state index < -0.39 is 5.97 Å². The molecule has 1 atom stereocenters. The Bertz CT molecular complexity index is 248. The molecular formula is C12H21NO2. The first-order chi connectivity index (χ1) is 7.00. The fraction of sp³-hybridized carbons (Fsp3) is 0.750. The molecule has 1 aliphatic heterocycles. The van der Waals surface area contributed by atoms with E-state index in [0.717, 1.165) is 31.5 Å². The number of piperidine rings is 1. The van der Waals surface area contributed by atoms with Crippen LogP contribution in [0.1, 0.15) is 33.1 Å². The topological polar surface area (TPSA) is 40.5 Å². The van der Waals surface area contributed by atoms with Crippen molar-refractivity contribution >= 4 is 5.97 Å². The zero-order valence-corrected chi connectivity index (χ0v) is 9.70. The van der Waals surface area contributed by atoms with E-state index in [1.54, 1.807) is 0 Å². The SMILES string of the molecule is C=C(CC(=O)O)C1CCCN(C(C)C)C1. The Labute approximate surface area is 91.8 Å². The highest BCUT2D eigenvalue weighted by atomic mass is 16.4. The Kier molecular flexibility index (Phi) is 4.33. The monoisotopic (exact) mass is 211 g/mol. The number of hydrogen-bond acceptors (Lipinski definition) is 2. The number of hydrogen-bond donors (Lipinski definition) is 1. The molecule has 0 aromatic rings. The average Bonchev–Trinajstić information content (AvgIpc) is 2.17. The van der Waals surface area contributed by atoms with Crippen molar-refractivity contribution in [2.45, 2.75) is 39.2 Å². The second-order valence-corrected chi connectivity index (χ2v) is 4.66. The standard InChI is InChI=1S/C12H21NO2/c1-9(2)13-6-4-5-11(8-13)10(3)7-12(14)15/h9,11H,3-8H2,1-2H3,(H,14,15). The number of likely N-dealkylation sites (tertiary alicyclic amines) is 1. The van der Waals surface area contributed by atoms with Gasteiger partial charge in [-0.25, -0.2) is 0 Å². The van der Waals surface area contributed by atoms with Gasteiger partial charge in [0.2, 0.25) is 0 Å². The highest BCUT2D eigenvalue weighted by Crippen LogP contribution is 2.25. The second-order valence-electron chi connectivity index (χ2n) is 4.66. The van der Waals surface area contributed by atoms with E-state index in [9.17, 15) is 4.79 Å². The van der Waals surface area contributed by atoms with Gasteiger partial charge in [0.15, 0.2) is 0 Å². The summed E-state index contributed by atoms with van der Waals surface area (Å²) in [4.78, 5) is 13.0. The Morgan fingerprint density at radius 3 is 2.80 bits per heavy atom. The number of nitrogens with zero attached hydrogens (tertiary/aromatic N) is 1. The lowest BCUT2D eigenvalue weighted by Crippen LogP contribution is -2.40. The molecule has 1 rings (SSSR count). The molecule has 0 aliphatic carbocycles. The lowest BCUT2D eigenvalue weighted by atomic mass is 9.89. The summed E-state index contributed by atoms with van der Waals surface area (Å²) in [6.07, 6.45) is 2.37. The Morgan fingerprint density at radius 2 is 2.27 bits per heavy atom. The van der Waals surface area contributed by atoms with Crippen LogP contribution in [0, 0.1) is 5.92 Å². The van der Waals surface area contributed by atoms with E-state index in [4.69, 9.17) is 5.11 Å². The number of rotatable bonds is 4. The average molecular weight is 211 g/mol. The zero-order chi connectivity index (χ0) is 11.4. The fourth-order valence-electron chi connectivity index (χ4n) is 2.15. The van der Waals surface area contributed by atoms with Crippen LogP contribution in [0.5, 0.6) is 0 Å². The molecule has 1 unspecified atom stereocenters. The minimum Gasteiger partial charge on any atom is -0.481 e. The third-order valence-electron chi connectivity index (χ3n) is 3.14. The maximum absolute atomic E-state index is 10.6. The fourth-order valence-corrected chi connectivity index (χ4v) is 2.15. The van der Waals surface area contributed by atoms with Gasteiger partial charge in [0.1, 0.15) is 0 Å². The van der Waals surface area contributed by atoms with E-state index in [2.05, 4.69) is 25.3 Å². The van der Waals surface area contributed by atoms with Gasteiger partial charge < -0.3 is 10.0 Å². The molecule has 1 fully saturated rings. The van der Waals surface area contributed by atoms with Crippen LogP contribution in [0.4, 0.5) is 0 Å². The summed E-state index contributed by atoms with van der Waals surface area (Å²) in [5.74, 6) is -0.390. The molecule has 0 aromatic heterocycles. The van der Waals surface area contributed by atoms with Crippen LogP contribution in [-0.2, 0) is 4.79 Å². The molecule has 0 amide bonds. The molecule has 0 bridgehead atoms. The van der Waals surface area contributed by atoms with Crippen LogP contribution in [0.25, 0.3) is 0 Å². The van der Waals surface area contributed by atoms with E-state index >= 15 is 0 Å². The molecule has 1 heterocycles. The molecule has 0 spiro atoms. The Hall–Kier alpha value is -0.830. The van der Waals surface area contributed by atoms with Gasteiger partial charge in [-0.1, -0.05) is 12.2 Å². The van der Waals surface area contributed by atoms with Crippen LogP contribution >= 0.6 is 0 Å². The summed E-state index contributed by atoms with van der Waals surface area (Å²) >= 11 is 0. The van der Waals surface area contributed by atoms with Gasteiger partial charge in [0, 0.05) is 12.6 Å². The van der Waals surface area contributed by atoms with Gasteiger partial charge in [0.25, 0.3) is 0 Å². The smallest absolute Gasteiger partial charge is 0.307 e. The molecule has 86 valence electrons. The van der Waals surface area contributed by atoms with Crippen molar-refractivity contribution in [2.24, 2.45) is 5.92 Å². The van der Waals surface area contributed by atoms with Crippen LogP contribution in [-0.4, -0.2) is 35.1 Å². The van der Waals surface area contributed by atoms with Crippen molar-refractivity contribution in [1.82, 2.24) is 4.90 Å². The summed E-state index contributed by atoms with van der Waals surface area (Å²) in [5, 5.41) is 8.72. The summed E-state index contributed by atoms with van der Waals surface area (Å²) in [6.45, 7) is 10.4. The van der Waals surface area contributed by atoms with Crippen LogP contribution < -0.4 is 0 Å². The molecule has 1 aliphatic rings. The van der Waals surface area contributed by atoms with E-state index in [1.807, 2.05) is 0 Å². The van der Waals surface area contributed by atoms with Crippen molar-refractivity contribution in [2.75, 3.05) is 13.1 Å². The van der Waals surface area contributed by atoms with Gasteiger partial charge in [0.05, 0.1) is 6.42 Å². The molecule has 0 aromatic carbocycles. The predicted octanol–water partition coefficient (Wildman–Crippen LogP) is 2.14. The molecule has 3 heteroatoms. The van der Waals surface area contributed by atoms with E-state index in [1.165, 1.54) is 0 Å². The quantitative estimate of drug-likeness (QED) is 0.724. The molecule has 3 nitrogen and oxygen atoms in total. The summed E-state index contributed by atoms with van der Waals surface area (Å²) < 4.78 is 0. The first kappa shape index (κ1) is 12.2. The summed E-state index contributed by atoms with van der Waals surface area (Å²) in [5.41, 5.74) is 0.882. The maximum Gasteiger partial charge on any atom is 0.307 e. The minimum absolute atomic E-state index is 0.122. The molecule has 1 N–H and O–H groups in total. The third kappa shape index (κ3) is 3.67. The lowest BCUT2D eigenvalue weighted by Gasteiger charge is -2.36. The summed E-state index contributed by atoms with van der Waals surface area (Å²) in [7, 11) is 0. The first-order valence-corrected chi connectivity index (χ1v) is 5.64. The van der Waals surface area contributed by atoms with Gasteiger partial charge in [-0.05, 0) is 39.2 Å². The number of carbonyl (C=O) groups is 1. The van der Waals surface area contributed by atoms with Gasteiger partial charge in [-0.15, -0.1) is 0 Å². The molecular weight excluding hydrogens is 190 g/mol. The highest BCUT2D eigenvalue weighted by Gasteiger charge is 2.24. The van der Waals surface area contributed by atoms with Crippen LogP contribution in [0.3, 0.4) is 0 Å². The number of aliphatic carboxylic acids is 1. The minimum atomic E-state index is -0.762. The summed E-state index contributed by atoms with van der Waals surface area (Å²) in [6, 6.07) is 0.547. The zero-order valence-electron chi connectivity index (χ0n) is 9.70. The second kappa shape index (κ2) is 5.31. The van der Waals surface area contributed by atoms with Crippen molar-refractivity contribution in [1.29, 1.82) is 0 Å². The van der Waals surface area contributed by atoms with Crippen molar-refractivity contribution in [3.8, 4) is 0 Å². The largest absolute Gasteiger partial charge is 0.481 e. The molecule has 1 saturated heterocycles. The van der Waals surface area contributed by atoms with Gasteiger partial charge in [-0.3, -0.25) is 4.79 Å². The third-order valence-corrected chi connectivity index (χ3v) is 3.14. The maximum atomic E-state index is 10.6.